The van der Waals surface area contributed by atoms with Crippen molar-refractivity contribution in [1.82, 2.24) is 50.5 Å². The lowest BCUT2D eigenvalue weighted by atomic mass is 9.62. The van der Waals surface area contributed by atoms with Gasteiger partial charge in [0, 0.05) is 75.3 Å². The van der Waals surface area contributed by atoms with E-state index in [0.29, 0.717) is 48.0 Å². The number of nitrogens with one attached hydrogen (secondary N) is 2. The first kappa shape index (κ1) is 49.0. The maximum atomic E-state index is 14.3. The molecule has 6 N–H and O–H groups in total. The zero-order valence-electron chi connectivity index (χ0n) is 42.2. The van der Waals surface area contributed by atoms with Crippen LogP contribution < -0.4 is 26.2 Å². The van der Waals surface area contributed by atoms with Crippen molar-refractivity contribution in [2.75, 3.05) is 61.3 Å². The number of nitrogens with zero attached hydrogens (tertiary/aromatic N) is 10. The van der Waals surface area contributed by atoms with Crippen molar-refractivity contribution < 1.29 is 24.6 Å². The van der Waals surface area contributed by atoms with Gasteiger partial charge in [-0.2, -0.15) is 0 Å². The molecule has 5 aromatic rings. The molecule has 3 aromatic heterocycles. The van der Waals surface area contributed by atoms with Crippen LogP contribution >= 0.6 is 11.3 Å². The van der Waals surface area contributed by atoms with Crippen LogP contribution in [0.15, 0.2) is 72.5 Å². The number of nitrogen functional groups attached to an aromatic ring is 1. The number of para-hydroxylation sites is 1. The Morgan fingerprint density at radius 3 is 2.22 bits per heavy atom. The summed E-state index contributed by atoms with van der Waals surface area (Å²) in [6.45, 7) is 13.2. The Morgan fingerprint density at radius 2 is 1.56 bits per heavy atom. The summed E-state index contributed by atoms with van der Waals surface area (Å²) in [7, 11) is 0. The lowest BCUT2D eigenvalue weighted by Crippen LogP contribution is -2.83. The molecule has 5 atom stereocenters. The molecule has 9 heterocycles. The molecule has 6 aliphatic heterocycles. The molecule has 2 aromatic carbocycles. The number of nitrogens with two attached hydrogens (primary N) is 1. The maximum Gasteiger partial charge on any atom is 0.246 e. The number of carbonyl (C=O) groups is 3. The molecule has 0 spiro atoms. The Kier molecular flexibility index (Phi) is 13.1. The number of hydrogen-bond acceptors (Lipinski definition) is 16. The quantitative estimate of drug-likeness (QED) is 0.114. The number of aromatic nitrogens is 5. The van der Waals surface area contributed by atoms with Crippen LogP contribution in [0, 0.1) is 18.3 Å². The summed E-state index contributed by atoms with van der Waals surface area (Å²) in [5.74, 6) is 0.438. The Hall–Kier alpha value is -6.28. The summed E-state index contributed by atoms with van der Waals surface area (Å²) in [5, 5.41) is 35.8. The number of likely N-dealkylation sites (tertiary alicyclic amines) is 2. The molecule has 73 heavy (non-hydrogen) atoms. The van der Waals surface area contributed by atoms with E-state index in [1.165, 1.54) is 4.90 Å². The smallest absolute Gasteiger partial charge is 0.246 e. The zero-order valence-corrected chi connectivity index (χ0v) is 43.0. The topological polar surface area (TPSA) is 222 Å². The number of phenols is 1. The first-order valence-electron chi connectivity index (χ1n) is 26.0. The predicted molar refractivity (Wildman–Crippen MR) is 279 cm³/mol. The number of benzene rings is 2. The Morgan fingerprint density at radius 1 is 0.863 bits per heavy atom. The molecular formula is C54H67N13O5S. The molecule has 11 rings (SSSR count). The third-order valence-electron chi connectivity index (χ3n) is 16.6. The molecule has 6 saturated heterocycles. The minimum Gasteiger partial charge on any atom is -0.507 e. The lowest BCUT2D eigenvalue weighted by molar-refractivity contribution is -0.216. The van der Waals surface area contributed by atoms with Gasteiger partial charge in [-0.25, -0.2) is 15.0 Å². The molecule has 3 amide bonds. The monoisotopic (exact) mass is 1010 g/mol. The highest BCUT2D eigenvalue weighted by atomic mass is 32.1. The van der Waals surface area contributed by atoms with E-state index in [4.69, 9.17) is 15.7 Å². The number of carbonyl (C=O) groups excluding carboxylic acids is 3. The summed E-state index contributed by atoms with van der Waals surface area (Å²) < 4.78 is 0. The normalized spacial score (nSPS) is 25.1. The van der Waals surface area contributed by atoms with Gasteiger partial charge in [0.25, 0.3) is 0 Å². The van der Waals surface area contributed by atoms with Crippen LogP contribution in [-0.2, 0) is 26.5 Å². The highest BCUT2D eigenvalue weighted by Gasteiger charge is 2.67. The van der Waals surface area contributed by atoms with E-state index in [1.807, 2.05) is 88.1 Å². The van der Waals surface area contributed by atoms with Crippen LogP contribution in [0.3, 0.4) is 0 Å². The van der Waals surface area contributed by atoms with E-state index in [0.717, 1.165) is 104 Å². The van der Waals surface area contributed by atoms with Gasteiger partial charge in [0.15, 0.2) is 5.82 Å². The molecule has 0 bridgehead atoms. The second-order valence-electron chi connectivity index (χ2n) is 22.3. The van der Waals surface area contributed by atoms with E-state index in [1.54, 1.807) is 23.5 Å². The average Bonchev–Trinajstić information content (AvgIpc) is 4.00. The van der Waals surface area contributed by atoms with Crippen molar-refractivity contribution in [1.29, 1.82) is 0 Å². The Balaban J connectivity index is 0.636. The van der Waals surface area contributed by atoms with Crippen molar-refractivity contribution in [3.8, 4) is 27.4 Å². The number of anilines is 3. The second kappa shape index (κ2) is 19.5. The first-order chi connectivity index (χ1) is 35.1. The van der Waals surface area contributed by atoms with Gasteiger partial charge >= 0.3 is 0 Å². The van der Waals surface area contributed by atoms with Gasteiger partial charge in [-0.3, -0.25) is 19.3 Å². The number of aliphatic hydroxyl groups is 1. The van der Waals surface area contributed by atoms with Crippen LogP contribution in [0.2, 0.25) is 0 Å². The fourth-order valence-corrected chi connectivity index (χ4v) is 13.5. The summed E-state index contributed by atoms with van der Waals surface area (Å²) in [5.41, 5.74) is 13.6. The van der Waals surface area contributed by atoms with Gasteiger partial charge in [-0.15, -0.1) is 21.5 Å². The van der Waals surface area contributed by atoms with Gasteiger partial charge in [0.2, 0.25) is 17.7 Å². The number of piperazine rings is 1. The number of β-amino-alcohol motifs (C(OH)–C–C–N with tert-alkyl or cyclic N) is 1. The van der Waals surface area contributed by atoms with Crippen molar-refractivity contribution in [2.24, 2.45) is 11.3 Å². The highest BCUT2D eigenvalue weighted by Crippen LogP contribution is 2.59. The van der Waals surface area contributed by atoms with E-state index in [-0.39, 0.29) is 54.4 Å². The number of phenolic OH excluding ortho intramolecular Hbond substituents is 1. The average molecular weight is 1010 g/mol. The summed E-state index contributed by atoms with van der Waals surface area (Å²) in [6, 6.07) is 16.5. The van der Waals surface area contributed by atoms with Crippen LogP contribution in [0.5, 0.6) is 5.75 Å². The fraction of sp³-hybridized carbons (Fsp3) is 0.519. The molecule has 19 heteroatoms. The van der Waals surface area contributed by atoms with Gasteiger partial charge in [-0.05, 0) is 93.3 Å². The molecule has 2 unspecified atom stereocenters. The van der Waals surface area contributed by atoms with Crippen molar-refractivity contribution in [3.05, 3.63) is 89.6 Å². The van der Waals surface area contributed by atoms with E-state index < -0.39 is 23.6 Å². The molecular weight excluding hydrogens is 943 g/mol. The van der Waals surface area contributed by atoms with E-state index >= 15 is 0 Å². The minimum atomic E-state index is -0.862. The second-order valence-corrected chi connectivity index (χ2v) is 23.1. The maximum absolute atomic E-state index is 14.3. The van der Waals surface area contributed by atoms with Crippen LogP contribution in [0.25, 0.3) is 21.7 Å². The molecule has 384 valence electrons. The number of hydrogen-bond donors (Lipinski definition) is 5. The van der Waals surface area contributed by atoms with Gasteiger partial charge in [-0.1, -0.05) is 57.2 Å². The van der Waals surface area contributed by atoms with Crippen molar-refractivity contribution >= 4 is 46.3 Å². The summed E-state index contributed by atoms with van der Waals surface area (Å²) >= 11 is 1.59. The number of thiazole rings is 1. The third kappa shape index (κ3) is 9.37. The first-order valence-corrected chi connectivity index (χ1v) is 26.8. The van der Waals surface area contributed by atoms with Gasteiger partial charge in [0.1, 0.15) is 23.7 Å². The van der Waals surface area contributed by atoms with Gasteiger partial charge < -0.3 is 46.2 Å². The zero-order chi connectivity index (χ0) is 50.8. The largest absolute Gasteiger partial charge is 0.507 e. The number of aromatic hydroxyl groups is 1. The summed E-state index contributed by atoms with van der Waals surface area (Å²) in [6.07, 6.45) is 8.72. The van der Waals surface area contributed by atoms with Crippen LogP contribution in [0.4, 0.5) is 17.2 Å². The minimum absolute atomic E-state index is 0.0349. The number of aliphatic hydroxyl groups excluding tert-OH is 1. The van der Waals surface area contributed by atoms with Gasteiger partial charge in [0.05, 0.1) is 57.2 Å². The molecule has 6 aliphatic rings. The Bertz CT molecular complexity index is 2830. The standard InChI is InChI=1S/C54H67N13O5S/c1-32-46(73-31-59-32)34-11-9-33(10-12-34)25-56-50(71)44-21-40(68)30-66(44)51(72)47(53(2,3)4)60-49(70)35-13-17-63(18-14-35)36-15-19-64(20-16-36)39-26-57-52(58-27-39)54-23-37-28-65(29-38(24-54)67(37)54)43-22-42(61-62-48(43)55)41-7-5-6-8-45(41)69/h5-12,22,26-27,31,35-38,40,44,47,68-69H,13-21,23-25,28-30H2,1-4H3,(H2,55,62)(H,56,71)(H,60,70)/t37?,38?,40-,44+,47-,54?/m1/s1. The Labute approximate surface area is 430 Å². The van der Waals surface area contributed by atoms with E-state index in [9.17, 15) is 24.6 Å². The predicted octanol–water partition coefficient (Wildman–Crippen LogP) is 4.71. The lowest BCUT2D eigenvalue weighted by Gasteiger charge is -2.72. The number of rotatable bonds is 12. The molecule has 0 radical (unpaired) electrons. The molecule has 18 nitrogen and oxygen atoms in total. The van der Waals surface area contributed by atoms with Crippen molar-refractivity contribution in [3.63, 3.8) is 0 Å². The third-order valence-corrected chi connectivity index (χ3v) is 17.6. The highest BCUT2D eigenvalue weighted by molar-refractivity contribution is 7.13. The van der Waals surface area contributed by atoms with Crippen LogP contribution in [-0.4, -0.2) is 150 Å². The number of aryl methyl sites for hydroxylation is 1. The SMILES string of the molecule is Cc1ncsc1-c1ccc(CNC(=O)[C@@H]2C[C@@H](O)CN2C(=O)[C@@H](NC(=O)C2CCN(C3CCN(c4cnc(C56CC7CN(c8cc(-c9ccccc9O)nnc8N)CC(C5)N76)nc4)CC3)CC2)C(C)(C)C)cc1. The van der Waals surface area contributed by atoms with E-state index in [2.05, 4.69) is 45.4 Å². The molecule has 0 aliphatic carbocycles. The molecule has 0 saturated carbocycles. The molecule has 6 fully saturated rings. The number of piperidine rings is 3. The van der Waals surface area contributed by atoms with Crippen molar-refractivity contribution in [2.45, 2.75) is 121 Å². The number of amides is 3. The van der Waals surface area contributed by atoms with Crippen LogP contribution in [0.1, 0.15) is 82.8 Å². The fourth-order valence-electron chi connectivity index (χ4n) is 12.7. The summed E-state index contributed by atoms with van der Waals surface area (Å²) in [4.78, 5) is 68.7.